The van der Waals surface area contributed by atoms with Gasteiger partial charge in [-0.1, -0.05) is 0 Å². The standard InChI is InChI=1S/C13H23N3O2.C2HF3O2/c1-11(2)18-9-12-13-8-15(6-7-17)4-3-5-16(13)10-14-12;3-2(4,5)1(6)7/h10-11,17H,3-9H2,1-2H3;(H,6,7). The van der Waals surface area contributed by atoms with Gasteiger partial charge in [-0.25, -0.2) is 9.78 Å². The number of aryl methyl sites for hydroxylation is 1. The van der Waals surface area contributed by atoms with E-state index in [1.807, 2.05) is 20.2 Å². The Labute approximate surface area is 144 Å². The molecule has 0 bridgehead atoms. The minimum absolute atomic E-state index is 0.214. The van der Waals surface area contributed by atoms with Crippen molar-refractivity contribution in [2.75, 3.05) is 19.7 Å². The molecule has 1 aromatic rings. The molecular weight excluding hydrogens is 343 g/mol. The first-order valence-electron chi connectivity index (χ1n) is 7.93. The van der Waals surface area contributed by atoms with Crippen LogP contribution < -0.4 is 0 Å². The Balaban J connectivity index is 0.000000381. The number of carboxylic acids is 1. The fourth-order valence-electron chi connectivity index (χ4n) is 2.28. The number of aliphatic hydroxyl groups is 1. The number of carbonyl (C=O) groups is 1. The Morgan fingerprint density at radius 2 is 2.04 bits per heavy atom. The molecule has 2 heterocycles. The predicted molar refractivity (Wildman–Crippen MR) is 82.8 cm³/mol. The molecule has 2 N–H and O–H groups in total. The summed E-state index contributed by atoms with van der Waals surface area (Å²) in [5.41, 5.74) is 2.27. The number of alkyl halides is 3. The molecule has 0 fully saturated rings. The van der Waals surface area contributed by atoms with Crippen LogP contribution in [0.2, 0.25) is 0 Å². The third-order valence-electron chi connectivity index (χ3n) is 3.49. The van der Waals surface area contributed by atoms with E-state index >= 15 is 0 Å². The van der Waals surface area contributed by atoms with Crippen LogP contribution in [0, 0.1) is 0 Å². The van der Waals surface area contributed by atoms with Crippen molar-refractivity contribution in [1.82, 2.24) is 14.5 Å². The van der Waals surface area contributed by atoms with Crippen LogP contribution in [0.3, 0.4) is 0 Å². The van der Waals surface area contributed by atoms with Crippen molar-refractivity contribution in [2.45, 2.75) is 52.2 Å². The number of halogens is 3. The number of carboxylic acid groups (broad SMARTS) is 1. The van der Waals surface area contributed by atoms with Crippen molar-refractivity contribution < 1.29 is 32.9 Å². The summed E-state index contributed by atoms with van der Waals surface area (Å²) in [6.07, 6.45) is -1.84. The smallest absolute Gasteiger partial charge is 0.475 e. The molecule has 0 unspecified atom stereocenters. The Hall–Kier alpha value is -1.65. The molecule has 1 aliphatic heterocycles. The molecule has 10 heteroatoms. The van der Waals surface area contributed by atoms with Crippen LogP contribution >= 0.6 is 0 Å². The third kappa shape index (κ3) is 7.41. The van der Waals surface area contributed by atoms with Crippen LogP contribution in [0.15, 0.2) is 6.33 Å². The molecule has 144 valence electrons. The Morgan fingerprint density at radius 3 is 2.56 bits per heavy atom. The highest BCUT2D eigenvalue weighted by atomic mass is 19.4. The topological polar surface area (TPSA) is 87.8 Å². The number of ether oxygens (including phenoxy) is 1. The maximum absolute atomic E-state index is 10.6. The molecule has 1 aromatic heterocycles. The molecule has 0 atom stereocenters. The number of aliphatic carboxylic acids is 1. The van der Waals surface area contributed by atoms with E-state index in [0.717, 1.165) is 38.3 Å². The lowest BCUT2D eigenvalue weighted by molar-refractivity contribution is -0.192. The number of hydrogen-bond donors (Lipinski definition) is 2. The fourth-order valence-corrected chi connectivity index (χ4v) is 2.28. The SMILES string of the molecule is CC(C)OCc1ncn2c1CN(CCO)CCC2.O=C(O)C(F)(F)F. The van der Waals surface area contributed by atoms with Gasteiger partial charge in [-0.2, -0.15) is 13.2 Å². The van der Waals surface area contributed by atoms with Crippen molar-refractivity contribution >= 4 is 5.97 Å². The molecule has 25 heavy (non-hydrogen) atoms. The Bertz CT molecular complexity index is 547. The van der Waals surface area contributed by atoms with E-state index in [0.29, 0.717) is 6.61 Å². The van der Waals surface area contributed by atoms with Crippen LogP contribution in [0.4, 0.5) is 13.2 Å². The monoisotopic (exact) mass is 367 g/mol. The quantitative estimate of drug-likeness (QED) is 0.823. The summed E-state index contributed by atoms with van der Waals surface area (Å²) in [6, 6.07) is 0. The summed E-state index contributed by atoms with van der Waals surface area (Å²) in [5.74, 6) is -2.76. The first-order valence-corrected chi connectivity index (χ1v) is 7.93. The summed E-state index contributed by atoms with van der Waals surface area (Å²) >= 11 is 0. The largest absolute Gasteiger partial charge is 0.490 e. The minimum Gasteiger partial charge on any atom is -0.475 e. The van der Waals surface area contributed by atoms with Gasteiger partial charge in [-0.05, 0) is 20.3 Å². The summed E-state index contributed by atoms with van der Waals surface area (Å²) in [6.45, 7) is 8.49. The lowest BCUT2D eigenvalue weighted by Crippen LogP contribution is -2.27. The maximum Gasteiger partial charge on any atom is 0.490 e. The maximum atomic E-state index is 10.6. The number of rotatable bonds is 5. The van der Waals surface area contributed by atoms with E-state index in [9.17, 15) is 13.2 Å². The van der Waals surface area contributed by atoms with Crippen molar-refractivity contribution in [2.24, 2.45) is 0 Å². The van der Waals surface area contributed by atoms with Gasteiger partial charge in [0.15, 0.2) is 0 Å². The zero-order chi connectivity index (χ0) is 19.0. The average molecular weight is 367 g/mol. The number of nitrogens with zero attached hydrogens (tertiary/aromatic N) is 3. The van der Waals surface area contributed by atoms with Crippen LogP contribution in [-0.2, 0) is 29.2 Å². The van der Waals surface area contributed by atoms with Crippen LogP contribution in [0.25, 0.3) is 0 Å². The molecule has 0 aromatic carbocycles. The second-order valence-corrected chi connectivity index (χ2v) is 5.85. The van der Waals surface area contributed by atoms with Gasteiger partial charge in [-0.15, -0.1) is 0 Å². The van der Waals surface area contributed by atoms with E-state index in [1.54, 1.807) is 0 Å². The summed E-state index contributed by atoms with van der Waals surface area (Å²) in [5, 5.41) is 16.2. The third-order valence-corrected chi connectivity index (χ3v) is 3.49. The first kappa shape index (κ1) is 21.4. The highest BCUT2D eigenvalue weighted by Gasteiger charge is 2.38. The molecule has 2 rings (SSSR count). The van der Waals surface area contributed by atoms with Crippen molar-refractivity contribution in [3.8, 4) is 0 Å². The Morgan fingerprint density at radius 1 is 1.40 bits per heavy atom. The predicted octanol–water partition coefficient (Wildman–Crippen LogP) is 1.64. The van der Waals surface area contributed by atoms with Crippen LogP contribution in [0.5, 0.6) is 0 Å². The molecule has 0 saturated carbocycles. The van der Waals surface area contributed by atoms with Crippen molar-refractivity contribution in [1.29, 1.82) is 0 Å². The normalized spacial score (nSPS) is 15.3. The van der Waals surface area contributed by atoms with E-state index in [2.05, 4.69) is 14.5 Å². The van der Waals surface area contributed by atoms with Gasteiger partial charge in [0.25, 0.3) is 0 Å². The number of aromatic nitrogens is 2. The first-order chi connectivity index (χ1) is 11.6. The van der Waals surface area contributed by atoms with Gasteiger partial charge in [0.1, 0.15) is 0 Å². The lowest BCUT2D eigenvalue weighted by atomic mass is 10.3. The minimum atomic E-state index is -5.08. The number of imidazole rings is 1. The highest BCUT2D eigenvalue weighted by Crippen LogP contribution is 2.17. The van der Waals surface area contributed by atoms with Crippen LogP contribution in [-0.4, -0.2) is 62.6 Å². The number of fused-ring (bicyclic) bond motifs is 1. The van der Waals surface area contributed by atoms with Gasteiger partial charge in [0.2, 0.25) is 0 Å². The van der Waals surface area contributed by atoms with E-state index < -0.39 is 12.1 Å². The van der Waals surface area contributed by atoms with E-state index in [-0.39, 0.29) is 12.7 Å². The molecule has 0 amide bonds. The second kappa shape index (κ2) is 9.73. The van der Waals surface area contributed by atoms with Gasteiger partial charge in [-0.3, -0.25) is 4.90 Å². The Kier molecular flexibility index (Phi) is 8.33. The van der Waals surface area contributed by atoms with Crippen LogP contribution in [0.1, 0.15) is 31.7 Å². The number of hydrogen-bond acceptors (Lipinski definition) is 5. The van der Waals surface area contributed by atoms with Gasteiger partial charge in [0, 0.05) is 26.2 Å². The number of aliphatic hydroxyl groups excluding tert-OH is 1. The molecule has 0 saturated heterocycles. The second-order valence-electron chi connectivity index (χ2n) is 5.85. The molecule has 7 nitrogen and oxygen atoms in total. The summed E-state index contributed by atoms with van der Waals surface area (Å²) in [4.78, 5) is 15.6. The van der Waals surface area contributed by atoms with E-state index in [4.69, 9.17) is 19.7 Å². The molecule has 1 aliphatic rings. The fraction of sp³-hybridized carbons (Fsp3) is 0.733. The number of β-amino-alcohol motifs (C(OH)–C–C–N with tert-alkyl or cyclic N) is 1. The zero-order valence-electron chi connectivity index (χ0n) is 14.3. The molecule has 0 spiro atoms. The zero-order valence-corrected chi connectivity index (χ0v) is 14.3. The van der Waals surface area contributed by atoms with Crippen molar-refractivity contribution in [3.05, 3.63) is 17.7 Å². The highest BCUT2D eigenvalue weighted by molar-refractivity contribution is 5.73. The molecular formula is C15H24F3N3O4. The molecule has 0 aliphatic carbocycles. The average Bonchev–Trinajstić information content (AvgIpc) is 2.75. The van der Waals surface area contributed by atoms with Crippen molar-refractivity contribution in [3.63, 3.8) is 0 Å². The van der Waals surface area contributed by atoms with Gasteiger partial charge in [0.05, 0.1) is 37.0 Å². The van der Waals surface area contributed by atoms with E-state index in [1.165, 1.54) is 5.69 Å². The summed E-state index contributed by atoms with van der Waals surface area (Å²) in [7, 11) is 0. The molecule has 0 radical (unpaired) electrons. The van der Waals surface area contributed by atoms with Gasteiger partial charge < -0.3 is 19.5 Å². The lowest BCUT2D eigenvalue weighted by Gasteiger charge is -2.18. The van der Waals surface area contributed by atoms with Gasteiger partial charge >= 0.3 is 12.1 Å². The summed E-state index contributed by atoms with van der Waals surface area (Å²) < 4.78 is 39.6.